The van der Waals surface area contributed by atoms with Crippen LogP contribution in [0.5, 0.6) is 0 Å². The van der Waals surface area contributed by atoms with E-state index in [9.17, 15) is 9.59 Å². The van der Waals surface area contributed by atoms with E-state index in [0.29, 0.717) is 35.2 Å². The molecule has 0 amide bonds. The number of allylic oxidation sites excluding steroid dienone is 4. The van der Waals surface area contributed by atoms with Crippen molar-refractivity contribution in [2.45, 2.75) is 52.4 Å². The van der Waals surface area contributed by atoms with Gasteiger partial charge in [0.25, 0.3) is 0 Å². The first kappa shape index (κ1) is 14.4. The summed E-state index contributed by atoms with van der Waals surface area (Å²) in [5.41, 5.74) is 1.49. The molecule has 6 atom stereocenters. The third-order valence-electron chi connectivity index (χ3n) is 7.36. The Hall–Kier alpha value is -1.18. The van der Waals surface area contributed by atoms with Crippen LogP contribution in [0.1, 0.15) is 52.4 Å². The van der Waals surface area contributed by atoms with Gasteiger partial charge in [0.2, 0.25) is 0 Å². The fraction of sp³-hybridized carbons (Fsp3) is 0.700. The van der Waals surface area contributed by atoms with Crippen LogP contribution in [0.15, 0.2) is 23.8 Å². The Kier molecular flexibility index (Phi) is 3.22. The van der Waals surface area contributed by atoms with E-state index in [1.54, 1.807) is 6.92 Å². The Labute approximate surface area is 133 Å². The number of fused-ring (bicyclic) bond motifs is 5. The second-order valence-electron chi connectivity index (χ2n) is 8.25. The monoisotopic (exact) mass is 298 g/mol. The summed E-state index contributed by atoms with van der Waals surface area (Å²) < 4.78 is 0. The third kappa shape index (κ3) is 1.92. The van der Waals surface area contributed by atoms with Crippen molar-refractivity contribution in [3.05, 3.63) is 23.8 Å². The lowest BCUT2D eigenvalue weighted by atomic mass is 9.53. The van der Waals surface area contributed by atoms with Gasteiger partial charge in [-0.3, -0.25) is 9.59 Å². The molecule has 0 saturated heterocycles. The third-order valence-corrected chi connectivity index (χ3v) is 7.36. The molecular formula is C20H26O2. The molecule has 2 fully saturated rings. The Bertz CT molecular complexity index is 585. The summed E-state index contributed by atoms with van der Waals surface area (Å²) in [4.78, 5) is 23.7. The van der Waals surface area contributed by atoms with Crippen molar-refractivity contribution < 1.29 is 9.59 Å². The average Bonchev–Trinajstić information content (AvgIpc) is 2.84. The van der Waals surface area contributed by atoms with E-state index in [0.717, 1.165) is 19.3 Å². The van der Waals surface area contributed by atoms with Crippen LogP contribution in [0.4, 0.5) is 0 Å². The summed E-state index contributed by atoms with van der Waals surface area (Å²) in [7, 11) is 0. The SMILES string of the molecule is CC(=O)[C@H]1CC[C@H]2[C@@H]3C=CC4=CC(=O)CCC4[C@@H]3CC[C@]12C. The Morgan fingerprint density at radius 3 is 2.82 bits per heavy atom. The zero-order valence-electron chi connectivity index (χ0n) is 13.7. The zero-order chi connectivity index (χ0) is 15.5. The van der Waals surface area contributed by atoms with Crippen LogP contribution in [0, 0.1) is 35.0 Å². The minimum atomic E-state index is 0.211. The molecule has 0 aliphatic heterocycles. The molecule has 118 valence electrons. The minimum absolute atomic E-state index is 0.211. The summed E-state index contributed by atoms with van der Waals surface area (Å²) in [6, 6.07) is 0. The number of ketones is 2. The van der Waals surface area contributed by atoms with E-state index in [2.05, 4.69) is 19.1 Å². The molecule has 4 aliphatic rings. The molecular weight excluding hydrogens is 272 g/mol. The van der Waals surface area contributed by atoms with Crippen molar-refractivity contribution in [1.82, 2.24) is 0 Å². The van der Waals surface area contributed by atoms with E-state index in [1.807, 2.05) is 6.08 Å². The minimum Gasteiger partial charge on any atom is -0.300 e. The van der Waals surface area contributed by atoms with Gasteiger partial charge < -0.3 is 0 Å². The van der Waals surface area contributed by atoms with Crippen LogP contribution >= 0.6 is 0 Å². The fourth-order valence-corrected chi connectivity index (χ4v) is 6.32. The molecule has 0 radical (unpaired) electrons. The summed E-state index contributed by atoms with van der Waals surface area (Å²) in [5, 5.41) is 0. The number of hydrogen-bond donors (Lipinski definition) is 0. The number of Topliss-reactive ketones (excluding diaryl/α,β-unsaturated/α-hetero) is 1. The maximum Gasteiger partial charge on any atom is 0.155 e. The van der Waals surface area contributed by atoms with Gasteiger partial charge in [-0.25, -0.2) is 0 Å². The van der Waals surface area contributed by atoms with Gasteiger partial charge in [-0.2, -0.15) is 0 Å². The van der Waals surface area contributed by atoms with Gasteiger partial charge >= 0.3 is 0 Å². The Morgan fingerprint density at radius 1 is 1.23 bits per heavy atom. The van der Waals surface area contributed by atoms with Gasteiger partial charge in [-0.15, -0.1) is 0 Å². The number of hydrogen-bond acceptors (Lipinski definition) is 2. The van der Waals surface area contributed by atoms with Crippen LogP contribution in [0.25, 0.3) is 0 Å². The summed E-state index contributed by atoms with van der Waals surface area (Å²) in [6.45, 7) is 4.16. The summed E-state index contributed by atoms with van der Waals surface area (Å²) in [6.07, 6.45) is 13.0. The highest BCUT2D eigenvalue weighted by Crippen LogP contribution is 2.62. The first-order chi connectivity index (χ1) is 10.5. The lowest BCUT2D eigenvalue weighted by molar-refractivity contribution is -0.126. The standard InChI is InChI=1S/C20H26O2/c1-12(21)18-7-8-19-17-5-3-13-11-14(22)4-6-15(13)16(17)9-10-20(18,19)2/h3,5,11,15-19H,4,6-10H2,1-2H3/t15?,16-,17+,18+,19-,20+/m0/s1. The molecule has 22 heavy (non-hydrogen) atoms. The molecule has 0 aromatic heterocycles. The second-order valence-corrected chi connectivity index (χ2v) is 8.25. The lowest BCUT2D eigenvalue weighted by Gasteiger charge is -2.51. The number of carbonyl (C=O) groups excluding carboxylic acids is 2. The number of rotatable bonds is 1. The van der Waals surface area contributed by atoms with Crippen LogP contribution in [-0.2, 0) is 9.59 Å². The molecule has 0 heterocycles. The van der Waals surface area contributed by atoms with Crippen LogP contribution in [0.3, 0.4) is 0 Å². The molecule has 0 aromatic rings. The van der Waals surface area contributed by atoms with E-state index < -0.39 is 0 Å². The predicted octanol–water partition coefficient (Wildman–Crippen LogP) is 4.11. The van der Waals surface area contributed by atoms with Crippen LogP contribution in [0.2, 0.25) is 0 Å². The second kappa shape index (κ2) is 4.91. The van der Waals surface area contributed by atoms with Gasteiger partial charge in [-0.1, -0.05) is 19.1 Å². The molecule has 4 rings (SSSR count). The topological polar surface area (TPSA) is 34.1 Å². The molecule has 0 aromatic carbocycles. The van der Waals surface area contributed by atoms with Crippen molar-refractivity contribution in [2.24, 2.45) is 35.0 Å². The van der Waals surface area contributed by atoms with Crippen molar-refractivity contribution in [3.63, 3.8) is 0 Å². The average molecular weight is 298 g/mol. The highest BCUT2D eigenvalue weighted by molar-refractivity contribution is 5.92. The van der Waals surface area contributed by atoms with E-state index in [1.165, 1.54) is 24.8 Å². The highest BCUT2D eigenvalue weighted by Gasteiger charge is 2.56. The van der Waals surface area contributed by atoms with Gasteiger partial charge in [0.05, 0.1) is 0 Å². The number of carbonyl (C=O) groups is 2. The first-order valence-electron chi connectivity index (χ1n) is 8.94. The molecule has 2 nitrogen and oxygen atoms in total. The fourth-order valence-electron chi connectivity index (χ4n) is 6.32. The molecule has 0 bridgehead atoms. The van der Waals surface area contributed by atoms with Crippen LogP contribution < -0.4 is 0 Å². The molecule has 0 N–H and O–H groups in total. The van der Waals surface area contributed by atoms with Gasteiger partial charge in [-0.05, 0) is 79.8 Å². The summed E-state index contributed by atoms with van der Waals surface area (Å²) >= 11 is 0. The molecule has 4 aliphatic carbocycles. The molecule has 1 unspecified atom stereocenters. The Morgan fingerprint density at radius 2 is 2.05 bits per heavy atom. The van der Waals surface area contributed by atoms with E-state index in [4.69, 9.17) is 0 Å². The van der Waals surface area contributed by atoms with Crippen molar-refractivity contribution in [3.8, 4) is 0 Å². The smallest absolute Gasteiger partial charge is 0.155 e. The van der Waals surface area contributed by atoms with Gasteiger partial charge in [0, 0.05) is 12.3 Å². The molecule has 0 spiro atoms. The predicted molar refractivity (Wildman–Crippen MR) is 86.2 cm³/mol. The first-order valence-corrected chi connectivity index (χ1v) is 8.94. The maximum atomic E-state index is 12.1. The van der Waals surface area contributed by atoms with Crippen molar-refractivity contribution in [1.29, 1.82) is 0 Å². The van der Waals surface area contributed by atoms with Crippen molar-refractivity contribution in [2.75, 3.05) is 0 Å². The maximum absolute atomic E-state index is 12.1. The molecule has 2 saturated carbocycles. The molecule has 2 heteroatoms. The quantitative estimate of drug-likeness (QED) is 0.730. The van der Waals surface area contributed by atoms with E-state index in [-0.39, 0.29) is 11.3 Å². The van der Waals surface area contributed by atoms with Gasteiger partial charge in [0.15, 0.2) is 5.78 Å². The lowest BCUT2D eigenvalue weighted by Crippen LogP contribution is -2.45. The zero-order valence-corrected chi connectivity index (χ0v) is 13.7. The summed E-state index contributed by atoms with van der Waals surface area (Å²) in [5.74, 6) is 3.55. The van der Waals surface area contributed by atoms with E-state index >= 15 is 0 Å². The normalized spacial score (nSPS) is 46.5. The highest BCUT2D eigenvalue weighted by atomic mass is 16.1. The van der Waals surface area contributed by atoms with Crippen LogP contribution in [-0.4, -0.2) is 11.6 Å². The van der Waals surface area contributed by atoms with Gasteiger partial charge in [0.1, 0.15) is 5.78 Å². The Balaban J connectivity index is 1.68. The largest absolute Gasteiger partial charge is 0.300 e. The van der Waals surface area contributed by atoms with Crippen molar-refractivity contribution >= 4 is 11.6 Å².